The van der Waals surface area contributed by atoms with E-state index in [0.717, 1.165) is 24.5 Å². The molecule has 2 aromatic rings. The number of benzene rings is 1. The molecule has 1 fully saturated rings. The van der Waals surface area contributed by atoms with Crippen LogP contribution in [0, 0.1) is 0 Å². The molecular formula is C17H17Cl2N3O2. The van der Waals surface area contributed by atoms with Gasteiger partial charge in [0.2, 0.25) is 0 Å². The molecule has 0 saturated carbocycles. The zero-order chi connectivity index (χ0) is 16.9. The minimum Gasteiger partial charge on any atom is -0.378 e. The van der Waals surface area contributed by atoms with E-state index < -0.39 is 0 Å². The van der Waals surface area contributed by atoms with Crippen molar-refractivity contribution in [3.05, 3.63) is 57.7 Å². The summed E-state index contributed by atoms with van der Waals surface area (Å²) in [4.78, 5) is 19.0. The Morgan fingerprint density at radius 2 is 2.04 bits per heavy atom. The Balaban J connectivity index is 1.71. The highest BCUT2D eigenvalue weighted by Gasteiger charge is 2.17. The third kappa shape index (κ3) is 3.98. The van der Waals surface area contributed by atoms with Gasteiger partial charge in [0.05, 0.1) is 23.8 Å². The van der Waals surface area contributed by atoms with Gasteiger partial charge in [-0.15, -0.1) is 0 Å². The number of halogens is 2. The highest BCUT2D eigenvalue weighted by Crippen LogP contribution is 2.22. The van der Waals surface area contributed by atoms with E-state index in [1.54, 1.807) is 24.4 Å². The number of rotatable bonds is 4. The van der Waals surface area contributed by atoms with Gasteiger partial charge in [0, 0.05) is 36.4 Å². The van der Waals surface area contributed by atoms with E-state index in [2.05, 4.69) is 15.2 Å². The summed E-state index contributed by atoms with van der Waals surface area (Å²) in [5, 5.41) is 3.72. The molecule has 1 amide bonds. The van der Waals surface area contributed by atoms with Crippen LogP contribution in [-0.4, -0.2) is 37.2 Å². The van der Waals surface area contributed by atoms with Crippen molar-refractivity contribution in [3.63, 3.8) is 0 Å². The molecule has 0 unspecified atom stereocenters. The summed E-state index contributed by atoms with van der Waals surface area (Å²) in [7, 11) is 0. The molecule has 7 heteroatoms. The average molecular weight is 366 g/mol. The summed E-state index contributed by atoms with van der Waals surface area (Å²) in [6, 6.07) is 8.64. The molecule has 24 heavy (non-hydrogen) atoms. The van der Waals surface area contributed by atoms with E-state index >= 15 is 0 Å². The van der Waals surface area contributed by atoms with Gasteiger partial charge in [-0.05, 0) is 24.3 Å². The summed E-state index contributed by atoms with van der Waals surface area (Å²) >= 11 is 11.9. The van der Waals surface area contributed by atoms with E-state index in [4.69, 9.17) is 27.9 Å². The SMILES string of the molecule is O=C(NCc1cccnc1N1CCOCC1)c1ccc(Cl)cc1Cl. The van der Waals surface area contributed by atoms with Crippen LogP contribution in [0.25, 0.3) is 0 Å². The molecule has 1 aromatic carbocycles. The van der Waals surface area contributed by atoms with Crippen LogP contribution in [0.15, 0.2) is 36.5 Å². The summed E-state index contributed by atoms with van der Waals surface area (Å²) in [5.41, 5.74) is 1.36. The highest BCUT2D eigenvalue weighted by molar-refractivity contribution is 6.36. The Morgan fingerprint density at radius 1 is 1.25 bits per heavy atom. The summed E-state index contributed by atoms with van der Waals surface area (Å²) in [6.07, 6.45) is 1.76. The number of aromatic nitrogens is 1. The Kier molecular flexibility index (Phi) is 5.56. The molecule has 1 aliphatic heterocycles. The van der Waals surface area contributed by atoms with Crippen molar-refractivity contribution < 1.29 is 9.53 Å². The van der Waals surface area contributed by atoms with Crippen molar-refractivity contribution in [2.75, 3.05) is 31.2 Å². The Morgan fingerprint density at radius 3 is 2.79 bits per heavy atom. The van der Waals surface area contributed by atoms with Crippen molar-refractivity contribution in [1.29, 1.82) is 0 Å². The van der Waals surface area contributed by atoms with Gasteiger partial charge < -0.3 is 15.0 Å². The number of ether oxygens (including phenoxy) is 1. The number of carbonyl (C=O) groups excluding carboxylic acids is 1. The van der Waals surface area contributed by atoms with Crippen molar-refractivity contribution in [3.8, 4) is 0 Å². The first-order valence-electron chi connectivity index (χ1n) is 7.65. The Labute approximate surface area is 150 Å². The largest absolute Gasteiger partial charge is 0.378 e. The first kappa shape index (κ1) is 17.0. The lowest BCUT2D eigenvalue weighted by Crippen LogP contribution is -2.37. The van der Waals surface area contributed by atoms with Gasteiger partial charge in [-0.3, -0.25) is 4.79 Å². The minimum atomic E-state index is -0.242. The number of pyridine rings is 1. The van der Waals surface area contributed by atoms with Crippen LogP contribution in [0.5, 0.6) is 0 Å². The maximum Gasteiger partial charge on any atom is 0.253 e. The van der Waals surface area contributed by atoms with Crippen molar-refractivity contribution in [2.45, 2.75) is 6.54 Å². The third-order valence-corrected chi connectivity index (χ3v) is 4.34. The Bertz CT molecular complexity index is 734. The highest BCUT2D eigenvalue weighted by atomic mass is 35.5. The number of nitrogens with one attached hydrogen (secondary N) is 1. The van der Waals surface area contributed by atoms with E-state index in [9.17, 15) is 4.79 Å². The number of nitrogens with zero attached hydrogens (tertiary/aromatic N) is 2. The monoisotopic (exact) mass is 365 g/mol. The van der Waals surface area contributed by atoms with Crippen LogP contribution < -0.4 is 10.2 Å². The fraction of sp³-hybridized carbons (Fsp3) is 0.294. The van der Waals surface area contributed by atoms with Gasteiger partial charge in [0.25, 0.3) is 5.91 Å². The molecule has 0 bridgehead atoms. The number of anilines is 1. The average Bonchev–Trinajstić information content (AvgIpc) is 2.61. The van der Waals surface area contributed by atoms with Crippen molar-refractivity contribution in [2.24, 2.45) is 0 Å². The summed E-state index contributed by atoms with van der Waals surface area (Å²) in [6.45, 7) is 3.33. The second-order valence-corrected chi connectivity index (χ2v) is 6.24. The van der Waals surface area contributed by atoms with Crippen LogP contribution in [0.3, 0.4) is 0 Å². The number of hydrogen-bond acceptors (Lipinski definition) is 4. The molecule has 1 N–H and O–H groups in total. The number of amides is 1. The van der Waals surface area contributed by atoms with Gasteiger partial charge in [-0.1, -0.05) is 29.3 Å². The quantitative estimate of drug-likeness (QED) is 0.903. The fourth-order valence-electron chi connectivity index (χ4n) is 2.57. The van der Waals surface area contributed by atoms with Gasteiger partial charge in [-0.2, -0.15) is 0 Å². The number of morpholine rings is 1. The standard InChI is InChI=1S/C17H17Cl2N3O2/c18-13-3-4-14(15(19)10-13)17(23)21-11-12-2-1-5-20-16(12)22-6-8-24-9-7-22/h1-5,10H,6-9,11H2,(H,21,23). The van der Waals surface area contributed by atoms with Gasteiger partial charge in [0.1, 0.15) is 5.82 Å². The normalized spacial score (nSPS) is 14.5. The van der Waals surface area contributed by atoms with Crippen LogP contribution >= 0.6 is 23.2 Å². The van der Waals surface area contributed by atoms with Crippen molar-refractivity contribution >= 4 is 34.9 Å². The third-order valence-electron chi connectivity index (χ3n) is 3.79. The molecule has 0 radical (unpaired) electrons. The Hall–Kier alpha value is -1.82. The lowest BCUT2D eigenvalue weighted by molar-refractivity contribution is 0.0951. The fourth-order valence-corrected chi connectivity index (χ4v) is 3.07. The molecule has 0 aliphatic carbocycles. The van der Waals surface area contributed by atoms with Gasteiger partial charge in [0.15, 0.2) is 0 Å². The molecule has 0 spiro atoms. The predicted molar refractivity (Wildman–Crippen MR) is 94.9 cm³/mol. The first-order chi connectivity index (χ1) is 11.6. The topological polar surface area (TPSA) is 54.5 Å². The van der Waals surface area contributed by atoms with Crippen LogP contribution in [0.1, 0.15) is 15.9 Å². The maximum absolute atomic E-state index is 12.3. The minimum absolute atomic E-state index is 0.242. The molecule has 2 heterocycles. The van der Waals surface area contributed by atoms with E-state index in [1.807, 2.05) is 12.1 Å². The molecule has 1 saturated heterocycles. The van der Waals surface area contributed by atoms with Crippen LogP contribution in [0.2, 0.25) is 10.0 Å². The second kappa shape index (κ2) is 7.83. The molecule has 1 aliphatic rings. The number of hydrogen-bond donors (Lipinski definition) is 1. The molecule has 3 rings (SSSR count). The maximum atomic E-state index is 12.3. The van der Waals surface area contributed by atoms with Gasteiger partial charge >= 0.3 is 0 Å². The van der Waals surface area contributed by atoms with E-state index in [0.29, 0.717) is 35.4 Å². The molecule has 126 valence electrons. The molecule has 1 aromatic heterocycles. The molecule has 5 nitrogen and oxygen atoms in total. The second-order valence-electron chi connectivity index (χ2n) is 5.39. The van der Waals surface area contributed by atoms with E-state index in [1.165, 1.54) is 0 Å². The zero-order valence-electron chi connectivity index (χ0n) is 13.0. The van der Waals surface area contributed by atoms with Crippen molar-refractivity contribution in [1.82, 2.24) is 10.3 Å². The first-order valence-corrected chi connectivity index (χ1v) is 8.40. The summed E-state index contributed by atoms with van der Waals surface area (Å²) in [5.74, 6) is 0.636. The lowest BCUT2D eigenvalue weighted by atomic mass is 10.2. The zero-order valence-corrected chi connectivity index (χ0v) is 14.5. The van der Waals surface area contributed by atoms with Crippen LogP contribution in [-0.2, 0) is 11.3 Å². The smallest absolute Gasteiger partial charge is 0.253 e. The molecule has 0 atom stereocenters. The lowest BCUT2D eigenvalue weighted by Gasteiger charge is -2.29. The number of carbonyl (C=O) groups is 1. The van der Waals surface area contributed by atoms with Gasteiger partial charge in [-0.25, -0.2) is 4.98 Å². The summed E-state index contributed by atoms with van der Waals surface area (Å²) < 4.78 is 5.38. The van der Waals surface area contributed by atoms with E-state index in [-0.39, 0.29) is 5.91 Å². The molecular weight excluding hydrogens is 349 g/mol. The predicted octanol–water partition coefficient (Wildman–Crippen LogP) is 3.16. The van der Waals surface area contributed by atoms with Crippen LogP contribution in [0.4, 0.5) is 5.82 Å².